The fourth-order valence-electron chi connectivity index (χ4n) is 6.34. The Labute approximate surface area is 212 Å². The van der Waals surface area contributed by atoms with Crippen molar-refractivity contribution in [1.82, 2.24) is 4.90 Å². The number of likely N-dealkylation sites (N-methyl/N-ethyl adjacent to an activating group) is 1. The summed E-state index contributed by atoms with van der Waals surface area (Å²) in [5, 5.41) is 22.3. The number of nitrogens with zero attached hydrogens (tertiary/aromatic N) is 1. The molecule has 11 heteroatoms. The Kier molecular flexibility index (Phi) is 6.36. The molecule has 1 aromatic carbocycles. The Balaban J connectivity index is 2.03. The predicted octanol–water partition coefficient (Wildman–Crippen LogP) is -0.394. The Morgan fingerprint density at radius 2 is 1.73 bits per heavy atom. The van der Waals surface area contributed by atoms with Gasteiger partial charge in [0.1, 0.15) is 11.9 Å². The highest BCUT2D eigenvalue weighted by molar-refractivity contribution is 6.32. The first-order valence-electron chi connectivity index (χ1n) is 12.0. The zero-order valence-corrected chi connectivity index (χ0v) is 21.1. The lowest BCUT2D eigenvalue weighted by atomic mass is 9.49. The number of ether oxygens (including phenoxy) is 1. The van der Waals surface area contributed by atoms with Crippen molar-refractivity contribution in [3.63, 3.8) is 0 Å². The lowest BCUT2D eigenvalue weighted by Gasteiger charge is -2.56. The van der Waals surface area contributed by atoms with Crippen LogP contribution < -0.4 is 5.73 Å². The summed E-state index contributed by atoms with van der Waals surface area (Å²) in [5.41, 5.74) is 2.60. The van der Waals surface area contributed by atoms with E-state index < -0.39 is 88.3 Å². The van der Waals surface area contributed by atoms with Gasteiger partial charge >= 0.3 is 5.97 Å². The lowest BCUT2D eigenvalue weighted by Crippen LogP contribution is -2.78. The number of nitrogens with two attached hydrogens (primary N) is 1. The van der Waals surface area contributed by atoms with Crippen molar-refractivity contribution in [2.75, 3.05) is 14.1 Å². The van der Waals surface area contributed by atoms with Crippen LogP contribution >= 0.6 is 0 Å². The molecule has 4 N–H and O–H groups in total. The van der Waals surface area contributed by atoms with Crippen molar-refractivity contribution in [3.05, 3.63) is 29.3 Å². The fourth-order valence-corrected chi connectivity index (χ4v) is 6.34. The average molecular weight is 515 g/mol. The number of hydrogen-bond acceptors (Lipinski definition) is 10. The molecule has 4 rings (SSSR count). The molecule has 1 amide bonds. The van der Waals surface area contributed by atoms with E-state index in [-0.39, 0.29) is 11.3 Å². The molecule has 0 radical (unpaired) electrons. The second-order valence-corrected chi connectivity index (χ2v) is 10.7. The van der Waals surface area contributed by atoms with Gasteiger partial charge in [0.2, 0.25) is 5.91 Å². The number of carbonyl (C=O) groups is 6. The van der Waals surface area contributed by atoms with Crippen molar-refractivity contribution in [1.29, 1.82) is 0 Å². The van der Waals surface area contributed by atoms with E-state index in [1.807, 2.05) is 0 Å². The molecule has 0 saturated heterocycles. The summed E-state index contributed by atoms with van der Waals surface area (Å²) in [6.07, 6.45) is -1.44. The van der Waals surface area contributed by atoms with E-state index >= 15 is 0 Å². The number of aromatic hydroxyl groups is 1. The minimum atomic E-state index is -3.02. The van der Waals surface area contributed by atoms with Gasteiger partial charge in [-0.15, -0.1) is 0 Å². The van der Waals surface area contributed by atoms with Crippen molar-refractivity contribution in [2.24, 2.45) is 35.3 Å². The molecular formula is C26H30N2O9. The van der Waals surface area contributed by atoms with Crippen LogP contribution in [-0.2, 0) is 28.7 Å². The van der Waals surface area contributed by atoms with Crippen molar-refractivity contribution in [3.8, 4) is 5.75 Å². The molecule has 0 aromatic heterocycles. The number of benzene rings is 1. The topological polar surface area (TPSA) is 181 Å². The normalized spacial score (nSPS) is 35.2. The molecule has 0 heterocycles. The number of Topliss-reactive ketones (excluding diaryl/α,β-unsaturated/α-hetero) is 4. The van der Waals surface area contributed by atoms with Crippen LogP contribution in [-0.4, -0.2) is 82.0 Å². The van der Waals surface area contributed by atoms with Gasteiger partial charge in [0.15, 0.2) is 34.7 Å². The smallest absolute Gasteiger partial charge is 0.308 e. The number of amides is 1. The second-order valence-electron chi connectivity index (χ2n) is 10.7. The number of aliphatic hydroxyl groups is 1. The molecule has 2 saturated carbocycles. The van der Waals surface area contributed by atoms with Gasteiger partial charge in [0.25, 0.3) is 0 Å². The maximum Gasteiger partial charge on any atom is 0.308 e. The Morgan fingerprint density at radius 3 is 2.27 bits per heavy atom. The van der Waals surface area contributed by atoms with Gasteiger partial charge in [0, 0.05) is 5.92 Å². The van der Waals surface area contributed by atoms with E-state index in [0.29, 0.717) is 5.56 Å². The number of ketones is 4. The van der Waals surface area contributed by atoms with E-state index in [2.05, 4.69) is 0 Å². The number of phenols is 1. The third-order valence-corrected chi connectivity index (χ3v) is 8.05. The molecule has 37 heavy (non-hydrogen) atoms. The molecule has 198 valence electrons. The number of hydrogen-bond donors (Lipinski definition) is 3. The summed E-state index contributed by atoms with van der Waals surface area (Å²) in [4.78, 5) is 81.0. The first-order valence-corrected chi connectivity index (χ1v) is 12.0. The highest BCUT2D eigenvalue weighted by Gasteiger charge is 2.74. The van der Waals surface area contributed by atoms with Gasteiger partial charge < -0.3 is 20.7 Å². The zero-order chi connectivity index (χ0) is 27.7. The van der Waals surface area contributed by atoms with Gasteiger partial charge in [-0.3, -0.25) is 33.7 Å². The van der Waals surface area contributed by atoms with Crippen LogP contribution in [0.2, 0.25) is 0 Å². The average Bonchev–Trinajstić information content (AvgIpc) is 2.80. The Morgan fingerprint density at radius 1 is 1.11 bits per heavy atom. The Hall–Kier alpha value is -3.44. The number of rotatable bonds is 4. The van der Waals surface area contributed by atoms with Gasteiger partial charge in [-0.25, -0.2) is 0 Å². The van der Waals surface area contributed by atoms with Crippen molar-refractivity contribution in [2.45, 2.75) is 44.4 Å². The molecule has 0 spiro atoms. The number of phenolic OH excluding ortho intramolecular Hbond substituents is 1. The van der Waals surface area contributed by atoms with E-state index in [0.717, 1.165) is 0 Å². The number of fused-ring (bicyclic) bond motifs is 3. The summed E-state index contributed by atoms with van der Waals surface area (Å²) >= 11 is 0. The van der Waals surface area contributed by atoms with Crippen LogP contribution in [0.1, 0.15) is 42.6 Å². The first-order chi connectivity index (χ1) is 17.2. The number of carbonyl (C=O) groups excluding carboxylic acids is 6. The number of primary amides is 1. The molecule has 0 bridgehead atoms. The van der Waals surface area contributed by atoms with Crippen LogP contribution in [0.5, 0.6) is 5.75 Å². The van der Waals surface area contributed by atoms with Crippen molar-refractivity contribution >= 4 is 35.0 Å². The van der Waals surface area contributed by atoms with Crippen LogP contribution in [0.15, 0.2) is 18.2 Å². The third kappa shape index (κ3) is 3.55. The molecule has 8 unspecified atom stereocenters. The van der Waals surface area contributed by atoms with E-state index in [1.165, 1.54) is 31.1 Å². The summed E-state index contributed by atoms with van der Waals surface area (Å²) in [6.45, 7) is 4.80. The van der Waals surface area contributed by atoms with Crippen molar-refractivity contribution < 1.29 is 43.7 Å². The number of esters is 1. The highest BCUT2D eigenvalue weighted by atomic mass is 16.5. The molecule has 1 aromatic rings. The predicted molar refractivity (Wildman–Crippen MR) is 126 cm³/mol. The van der Waals surface area contributed by atoms with Crippen LogP contribution in [0, 0.1) is 29.6 Å². The van der Waals surface area contributed by atoms with Gasteiger partial charge in [-0.1, -0.05) is 32.9 Å². The minimum Gasteiger partial charge on any atom is -0.507 e. The van der Waals surface area contributed by atoms with Gasteiger partial charge in [0.05, 0.1) is 29.4 Å². The second kappa shape index (κ2) is 8.84. The van der Waals surface area contributed by atoms with Crippen LogP contribution in [0.3, 0.4) is 0 Å². The zero-order valence-electron chi connectivity index (χ0n) is 21.1. The summed E-state index contributed by atoms with van der Waals surface area (Å²) < 4.78 is 5.83. The van der Waals surface area contributed by atoms with E-state index in [4.69, 9.17) is 10.5 Å². The third-order valence-electron chi connectivity index (χ3n) is 8.05. The van der Waals surface area contributed by atoms with E-state index in [1.54, 1.807) is 26.8 Å². The molecular weight excluding hydrogens is 484 g/mol. The fraction of sp³-hybridized carbons (Fsp3) is 0.538. The molecule has 11 nitrogen and oxygen atoms in total. The maximum absolute atomic E-state index is 14.0. The molecule has 2 fully saturated rings. The standard InChI is InChI=1S/C26H30N2O9/c1-9(2)25(35)37-21-13-10(3)11-7-6-8-12(29)14(11)19(30)15(13)22(32)26(36)17(21)18(28(4)5)20(31)16(23(26)33)24(27)34/h6-10,13,15-18,21,29,36H,1-5H3,(H2,27,34). The van der Waals surface area contributed by atoms with E-state index in [9.17, 15) is 39.0 Å². The largest absolute Gasteiger partial charge is 0.507 e. The maximum atomic E-state index is 14.0. The minimum absolute atomic E-state index is 0.129. The summed E-state index contributed by atoms with van der Waals surface area (Å²) in [7, 11) is 2.91. The van der Waals surface area contributed by atoms with Crippen LogP contribution in [0.25, 0.3) is 0 Å². The van der Waals surface area contributed by atoms with Crippen LogP contribution in [0.4, 0.5) is 0 Å². The quantitative estimate of drug-likeness (QED) is 0.353. The molecule has 8 atom stereocenters. The molecule has 3 aliphatic carbocycles. The lowest BCUT2D eigenvalue weighted by molar-refractivity contribution is -0.206. The summed E-state index contributed by atoms with van der Waals surface area (Å²) in [6, 6.07) is 3.00. The molecule has 3 aliphatic rings. The van der Waals surface area contributed by atoms with Gasteiger partial charge in [-0.2, -0.15) is 0 Å². The highest BCUT2D eigenvalue weighted by Crippen LogP contribution is 2.55. The Bertz CT molecular complexity index is 1240. The monoisotopic (exact) mass is 514 g/mol. The SMILES string of the molecule is CC(C)C(=O)OC1C2C(C(=O)c3c(O)cccc3C2C)C(=O)C2(O)C(=O)C(C(N)=O)C(=O)C(N(C)C)C12. The van der Waals surface area contributed by atoms with Gasteiger partial charge in [-0.05, 0) is 31.6 Å². The molecule has 0 aliphatic heterocycles. The first kappa shape index (κ1) is 26.6. The summed E-state index contributed by atoms with van der Waals surface area (Å²) in [5.74, 6) is -14.7.